The normalized spacial score (nSPS) is 10.1. The van der Waals surface area contributed by atoms with E-state index in [0.29, 0.717) is 5.56 Å². The smallest absolute Gasteiger partial charge is 0.251 e. The molecule has 1 aromatic carbocycles. The molecule has 1 rings (SSSR count). The first-order chi connectivity index (χ1) is 7.13. The van der Waals surface area contributed by atoms with Crippen molar-refractivity contribution in [3.05, 3.63) is 32.7 Å². The molecular formula is C11H13Br2NO. The molecule has 0 bridgehead atoms. The molecule has 0 unspecified atom stereocenters. The summed E-state index contributed by atoms with van der Waals surface area (Å²) < 4.78 is 1.80. The van der Waals surface area contributed by atoms with E-state index in [-0.39, 0.29) is 5.91 Å². The first-order valence-electron chi connectivity index (χ1n) is 4.87. The van der Waals surface area contributed by atoms with Crippen molar-refractivity contribution in [2.45, 2.75) is 19.8 Å². The van der Waals surface area contributed by atoms with Crippen molar-refractivity contribution in [2.75, 3.05) is 6.54 Å². The highest BCUT2D eigenvalue weighted by Crippen LogP contribution is 2.19. The van der Waals surface area contributed by atoms with Crippen LogP contribution in [0, 0.1) is 0 Å². The van der Waals surface area contributed by atoms with Crippen LogP contribution in [-0.2, 0) is 0 Å². The maximum absolute atomic E-state index is 11.7. The van der Waals surface area contributed by atoms with Crippen LogP contribution in [0.4, 0.5) is 0 Å². The van der Waals surface area contributed by atoms with Crippen molar-refractivity contribution in [1.82, 2.24) is 5.32 Å². The molecule has 0 aliphatic heterocycles. The van der Waals surface area contributed by atoms with Crippen molar-refractivity contribution in [3.8, 4) is 0 Å². The van der Waals surface area contributed by atoms with Gasteiger partial charge in [0.2, 0.25) is 0 Å². The van der Waals surface area contributed by atoms with Crippen LogP contribution in [0.25, 0.3) is 0 Å². The lowest BCUT2D eigenvalue weighted by Crippen LogP contribution is -2.24. The molecule has 1 aromatic rings. The number of hydrogen-bond acceptors (Lipinski definition) is 1. The summed E-state index contributed by atoms with van der Waals surface area (Å²) in [4.78, 5) is 11.7. The van der Waals surface area contributed by atoms with Crippen molar-refractivity contribution < 1.29 is 4.79 Å². The molecule has 0 saturated carbocycles. The molecule has 1 N–H and O–H groups in total. The van der Waals surface area contributed by atoms with E-state index in [9.17, 15) is 4.79 Å². The van der Waals surface area contributed by atoms with Crippen LogP contribution in [-0.4, -0.2) is 12.5 Å². The molecule has 0 aliphatic carbocycles. The Hall–Kier alpha value is -0.350. The van der Waals surface area contributed by atoms with Crippen molar-refractivity contribution >= 4 is 37.8 Å². The number of carbonyl (C=O) groups excluding carboxylic acids is 1. The Labute approximate surface area is 107 Å². The Morgan fingerprint density at radius 1 is 1.27 bits per heavy atom. The molecule has 2 nitrogen and oxygen atoms in total. The van der Waals surface area contributed by atoms with E-state index in [1.165, 1.54) is 0 Å². The van der Waals surface area contributed by atoms with Gasteiger partial charge in [-0.1, -0.05) is 45.2 Å². The molecule has 82 valence electrons. The highest BCUT2D eigenvalue weighted by Gasteiger charge is 2.06. The largest absolute Gasteiger partial charge is 0.352 e. The van der Waals surface area contributed by atoms with Gasteiger partial charge in [0.15, 0.2) is 0 Å². The number of unbranched alkanes of at least 4 members (excludes halogenated alkanes) is 1. The molecule has 0 aromatic heterocycles. The summed E-state index contributed by atoms with van der Waals surface area (Å²) in [5, 5.41) is 2.87. The maximum Gasteiger partial charge on any atom is 0.251 e. The van der Waals surface area contributed by atoms with Crippen LogP contribution >= 0.6 is 31.9 Å². The minimum absolute atomic E-state index is 0.0227. The maximum atomic E-state index is 11.7. The number of benzene rings is 1. The average molecular weight is 335 g/mol. The zero-order valence-corrected chi connectivity index (χ0v) is 11.7. The fraction of sp³-hybridized carbons (Fsp3) is 0.364. The third-order valence-electron chi connectivity index (χ3n) is 1.94. The molecule has 0 aliphatic rings. The molecule has 0 spiro atoms. The Morgan fingerprint density at radius 2 is 1.87 bits per heavy atom. The Balaban J connectivity index is 2.65. The lowest BCUT2D eigenvalue weighted by Gasteiger charge is -2.05. The number of halogens is 2. The minimum Gasteiger partial charge on any atom is -0.352 e. The molecule has 1 amide bonds. The zero-order valence-electron chi connectivity index (χ0n) is 8.52. The van der Waals surface area contributed by atoms with Gasteiger partial charge in [0.1, 0.15) is 0 Å². The lowest BCUT2D eigenvalue weighted by atomic mass is 10.2. The van der Waals surface area contributed by atoms with Gasteiger partial charge in [0, 0.05) is 21.1 Å². The number of hydrogen-bond donors (Lipinski definition) is 1. The average Bonchev–Trinajstić information content (AvgIpc) is 2.16. The zero-order chi connectivity index (χ0) is 11.3. The second-order valence-corrected chi connectivity index (χ2v) is 5.10. The van der Waals surface area contributed by atoms with Crippen molar-refractivity contribution in [1.29, 1.82) is 0 Å². The van der Waals surface area contributed by atoms with Gasteiger partial charge in [-0.25, -0.2) is 0 Å². The van der Waals surface area contributed by atoms with Gasteiger partial charge in [-0.05, 0) is 24.6 Å². The number of rotatable bonds is 4. The van der Waals surface area contributed by atoms with Crippen LogP contribution in [0.2, 0.25) is 0 Å². The highest BCUT2D eigenvalue weighted by atomic mass is 79.9. The van der Waals surface area contributed by atoms with Gasteiger partial charge in [-0.2, -0.15) is 0 Å². The monoisotopic (exact) mass is 333 g/mol. The summed E-state index contributed by atoms with van der Waals surface area (Å²) in [6.07, 6.45) is 2.10. The quantitative estimate of drug-likeness (QED) is 0.835. The summed E-state index contributed by atoms with van der Waals surface area (Å²) in [6.45, 7) is 2.83. The third kappa shape index (κ3) is 4.34. The Bertz CT molecular complexity index is 332. The third-order valence-corrected chi connectivity index (χ3v) is 2.86. The number of carbonyl (C=O) groups is 1. The standard InChI is InChI=1S/C11H13Br2NO/c1-2-3-4-14-11(15)8-5-9(12)7-10(13)6-8/h5-7H,2-4H2,1H3,(H,14,15). The fourth-order valence-corrected chi connectivity index (χ4v) is 2.46. The topological polar surface area (TPSA) is 29.1 Å². The van der Waals surface area contributed by atoms with Gasteiger partial charge < -0.3 is 5.32 Å². The van der Waals surface area contributed by atoms with E-state index in [2.05, 4.69) is 44.1 Å². The molecule has 4 heteroatoms. The van der Waals surface area contributed by atoms with E-state index in [4.69, 9.17) is 0 Å². The predicted octanol–water partition coefficient (Wildman–Crippen LogP) is 3.74. The summed E-state index contributed by atoms with van der Waals surface area (Å²) in [5.41, 5.74) is 0.673. The molecular weight excluding hydrogens is 322 g/mol. The van der Waals surface area contributed by atoms with Crippen molar-refractivity contribution in [3.63, 3.8) is 0 Å². The van der Waals surface area contributed by atoms with E-state index in [1.54, 1.807) is 0 Å². The molecule has 0 atom stereocenters. The van der Waals surface area contributed by atoms with Gasteiger partial charge >= 0.3 is 0 Å². The molecule has 0 radical (unpaired) electrons. The van der Waals surface area contributed by atoms with Gasteiger partial charge in [-0.15, -0.1) is 0 Å². The molecule has 0 heterocycles. The van der Waals surface area contributed by atoms with Crippen LogP contribution < -0.4 is 5.32 Å². The van der Waals surface area contributed by atoms with E-state index < -0.39 is 0 Å². The number of amides is 1. The SMILES string of the molecule is CCCCNC(=O)c1cc(Br)cc(Br)c1. The first-order valence-corrected chi connectivity index (χ1v) is 6.46. The Kier molecular flexibility index (Phi) is 5.32. The van der Waals surface area contributed by atoms with E-state index in [0.717, 1.165) is 28.3 Å². The molecule has 15 heavy (non-hydrogen) atoms. The van der Waals surface area contributed by atoms with Crippen LogP contribution in [0.15, 0.2) is 27.1 Å². The molecule has 0 fully saturated rings. The second kappa shape index (κ2) is 6.28. The van der Waals surface area contributed by atoms with Crippen LogP contribution in [0.1, 0.15) is 30.1 Å². The van der Waals surface area contributed by atoms with Gasteiger partial charge in [0.25, 0.3) is 5.91 Å². The van der Waals surface area contributed by atoms with E-state index >= 15 is 0 Å². The Morgan fingerprint density at radius 3 is 2.40 bits per heavy atom. The van der Waals surface area contributed by atoms with Crippen molar-refractivity contribution in [2.24, 2.45) is 0 Å². The van der Waals surface area contributed by atoms with Crippen LogP contribution in [0.5, 0.6) is 0 Å². The van der Waals surface area contributed by atoms with Crippen LogP contribution in [0.3, 0.4) is 0 Å². The minimum atomic E-state index is -0.0227. The number of nitrogens with one attached hydrogen (secondary N) is 1. The predicted molar refractivity (Wildman–Crippen MR) is 69.1 cm³/mol. The summed E-state index contributed by atoms with van der Waals surface area (Å²) in [5.74, 6) is -0.0227. The second-order valence-electron chi connectivity index (χ2n) is 3.27. The highest BCUT2D eigenvalue weighted by molar-refractivity contribution is 9.11. The fourth-order valence-electron chi connectivity index (χ4n) is 1.17. The van der Waals surface area contributed by atoms with Gasteiger partial charge in [0.05, 0.1) is 0 Å². The first kappa shape index (κ1) is 12.7. The lowest BCUT2D eigenvalue weighted by molar-refractivity contribution is 0.0953. The van der Waals surface area contributed by atoms with E-state index in [1.807, 2.05) is 18.2 Å². The van der Waals surface area contributed by atoms with Gasteiger partial charge in [-0.3, -0.25) is 4.79 Å². The summed E-state index contributed by atoms with van der Waals surface area (Å²) in [7, 11) is 0. The summed E-state index contributed by atoms with van der Waals surface area (Å²) >= 11 is 6.71. The molecule has 0 saturated heterocycles. The summed E-state index contributed by atoms with van der Waals surface area (Å²) in [6, 6.07) is 5.53.